The van der Waals surface area contributed by atoms with E-state index in [1.54, 1.807) is 11.9 Å². The molecule has 35 heavy (non-hydrogen) atoms. The SMILES string of the molecule is CN(CCCC1CCC1)C(=O)C(CCC(=O)O)NC(=O)OCC1c2ccccc2-c2ccccc21. The van der Waals surface area contributed by atoms with Crippen LogP contribution in [0.1, 0.15) is 62.0 Å². The average molecular weight is 479 g/mol. The van der Waals surface area contributed by atoms with Crippen LogP contribution in [-0.2, 0) is 14.3 Å². The van der Waals surface area contributed by atoms with Crippen molar-refractivity contribution >= 4 is 18.0 Å². The van der Waals surface area contributed by atoms with Gasteiger partial charge < -0.3 is 20.1 Å². The predicted molar refractivity (Wildman–Crippen MR) is 133 cm³/mol. The quantitative estimate of drug-likeness (QED) is 0.484. The van der Waals surface area contributed by atoms with Crippen molar-refractivity contribution in [3.63, 3.8) is 0 Å². The summed E-state index contributed by atoms with van der Waals surface area (Å²) in [6.45, 7) is 0.724. The molecule has 2 aliphatic carbocycles. The monoisotopic (exact) mass is 478 g/mol. The van der Waals surface area contributed by atoms with E-state index in [-0.39, 0.29) is 31.3 Å². The summed E-state index contributed by atoms with van der Waals surface area (Å²) in [5.74, 6) is -0.617. The lowest BCUT2D eigenvalue weighted by Gasteiger charge is -2.28. The van der Waals surface area contributed by atoms with Gasteiger partial charge >= 0.3 is 12.1 Å². The van der Waals surface area contributed by atoms with Crippen LogP contribution >= 0.6 is 0 Å². The van der Waals surface area contributed by atoms with E-state index < -0.39 is 18.1 Å². The molecule has 0 aliphatic heterocycles. The van der Waals surface area contributed by atoms with Gasteiger partial charge in [-0.15, -0.1) is 0 Å². The molecule has 1 fully saturated rings. The fourth-order valence-corrected chi connectivity index (χ4v) is 5.08. The Balaban J connectivity index is 1.35. The number of hydrogen-bond donors (Lipinski definition) is 2. The first-order chi connectivity index (χ1) is 16.9. The maximum absolute atomic E-state index is 13.0. The van der Waals surface area contributed by atoms with E-state index in [1.807, 2.05) is 36.4 Å². The molecule has 186 valence electrons. The van der Waals surface area contributed by atoms with Crippen molar-refractivity contribution in [3.05, 3.63) is 59.7 Å². The summed E-state index contributed by atoms with van der Waals surface area (Å²) >= 11 is 0. The molecule has 2 N–H and O–H groups in total. The molecule has 2 aliphatic rings. The van der Waals surface area contributed by atoms with E-state index in [1.165, 1.54) is 19.3 Å². The Kier molecular flexibility index (Phi) is 8.06. The summed E-state index contributed by atoms with van der Waals surface area (Å²) in [5.41, 5.74) is 4.47. The van der Waals surface area contributed by atoms with Crippen LogP contribution in [0.25, 0.3) is 11.1 Å². The normalized spacial score (nSPS) is 15.5. The van der Waals surface area contributed by atoms with Crippen LogP contribution < -0.4 is 5.32 Å². The van der Waals surface area contributed by atoms with E-state index in [4.69, 9.17) is 9.84 Å². The molecule has 2 amide bonds. The molecular weight excluding hydrogens is 444 g/mol. The van der Waals surface area contributed by atoms with Gasteiger partial charge in [-0.2, -0.15) is 0 Å². The van der Waals surface area contributed by atoms with E-state index in [0.29, 0.717) is 6.54 Å². The van der Waals surface area contributed by atoms with Crippen molar-refractivity contribution < 1.29 is 24.2 Å². The highest BCUT2D eigenvalue weighted by Gasteiger charge is 2.30. The molecule has 0 saturated heterocycles. The minimum atomic E-state index is -1.01. The van der Waals surface area contributed by atoms with E-state index in [9.17, 15) is 14.4 Å². The molecule has 0 aromatic heterocycles. The maximum Gasteiger partial charge on any atom is 0.407 e. The first-order valence-corrected chi connectivity index (χ1v) is 12.5. The summed E-state index contributed by atoms with van der Waals surface area (Å²) in [6, 6.07) is 15.2. The second kappa shape index (κ2) is 11.4. The van der Waals surface area contributed by atoms with Gasteiger partial charge in [0.1, 0.15) is 12.6 Å². The molecule has 2 aromatic rings. The summed E-state index contributed by atoms with van der Waals surface area (Å²) in [5, 5.41) is 11.7. The van der Waals surface area contributed by atoms with Crippen LogP contribution in [0.5, 0.6) is 0 Å². The number of benzene rings is 2. The second-order valence-corrected chi connectivity index (χ2v) is 9.65. The number of carbonyl (C=O) groups is 3. The van der Waals surface area contributed by atoms with Crippen LogP contribution in [0.2, 0.25) is 0 Å². The molecule has 7 heteroatoms. The van der Waals surface area contributed by atoms with Crippen molar-refractivity contribution in [3.8, 4) is 11.1 Å². The van der Waals surface area contributed by atoms with Crippen molar-refractivity contribution in [1.82, 2.24) is 10.2 Å². The number of alkyl carbamates (subject to hydrolysis) is 1. The minimum Gasteiger partial charge on any atom is -0.481 e. The highest BCUT2D eigenvalue weighted by Crippen LogP contribution is 2.44. The van der Waals surface area contributed by atoms with Crippen LogP contribution in [0.3, 0.4) is 0 Å². The lowest BCUT2D eigenvalue weighted by atomic mass is 9.82. The predicted octanol–water partition coefficient (Wildman–Crippen LogP) is 4.80. The Labute approximate surface area is 206 Å². The highest BCUT2D eigenvalue weighted by atomic mass is 16.5. The third kappa shape index (κ3) is 6.02. The fraction of sp³-hybridized carbons (Fsp3) is 0.464. The molecule has 0 spiro atoms. The Hall–Kier alpha value is -3.35. The average Bonchev–Trinajstić information content (AvgIpc) is 3.15. The van der Waals surface area contributed by atoms with Crippen LogP contribution in [0.4, 0.5) is 4.79 Å². The number of fused-ring (bicyclic) bond motifs is 3. The molecule has 0 heterocycles. The summed E-state index contributed by atoms with van der Waals surface area (Å²) in [4.78, 5) is 38.4. The molecule has 1 saturated carbocycles. The molecule has 4 rings (SSSR count). The summed E-state index contributed by atoms with van der Waals surface area (Å²) in [6.07, 6.45) is 4.92. The topological polar surface area (TPSA) is 95.9 Å². The number of carboxylic acids is 1. The highest BCUT2D eigenvalue weighted by molar-refractivity contribution is 5.86. The van der Waals surface area contributed by atoms with Crippen molar-refractivity contribution in [2.75, 3.05) is 20.2 Å². The molecule has 0 bridgehead atoms. The molecule has 0 radical (unpaired) electrons. The zero-order valence-electron chi connectivity index (χ0n) is 20.2. The number of aliphatic carboxylic acids is 1. The zero-order valence-corrected chi connectivity index (χ0v) is 20.2. The number of amides is 2. The van der Waals surface area contributed by atoms with E-state index in [0.717, 1.165) is 41.0 Å². The number of carboxylic acid groups (broad SMARTS) is 1. The minimum absolute atomic E-state index is 0.0192. The standard InChI is InChI=1S/C28H34N2O5/c1-30(17-7-10-19-8-6-9-19)27(33)25(15-16-26(31)32)29-28(34)35-18-24-22-13-4-2-11-20(22)21-12-3-5-14-23(21)24/h2-5,11-14,19,24-25H,6-10,15-18H2,1H3,(H,29,34)(H,31,32). The van der Waals surface area contributed by atoms with Crippen LogP contribution in [-0.4, -0.2) is 54.2 Å². The van der Waals surface area contributed by atoms with Gasteiger partial charge in [0.2, 0.25) is 5.91 Å². The second-order valence-electron chi connectivity index (χ2n) is 9.65. The zero-order chi connectivity index (χ0) is 24.8. The Bertz CT molecular complexity index is 1020. The fourth-order valence-electron chi connectivity index (χ4n) is 5.08. The van der Waals surface area contributed by atoms with Gasteiger partial charge in [0, 0.05) is 25.9 Å². The molecule has 7 nitrogen and oxygen atoms in total. The Morgan fingerprint density at radius 2 is 1.69 bits per heavy atom. The first kappa shape index (κ1) is 24.8. The van der Waals surface area contributed by atoms with Crippen molar-refractivity contribution in [2.24, 2.45) is 5.92 Å². The van der Waals surface area contributed by atoms with Gasteiger partial charge in [0.15, 0.2) is 0 Å². The van der Waals surface area contributed by atoms with Gasteiger partial charge in [0.25, 0.3) is 0 Å². The smallest absolute Gasteiger partial charge is 0.407 e. The van der Waals surface area contributed by atoms with Gasteiger partial charge in [-0.1, -0.05) is 67.8 Å². The third-order valence-electron chi connectivity index (χ3n) is 7.29. The first-order valence-electron chi connectivity index (χ1n) is 12.5. The van der Waals surface area contributed by atoms with E-state index in [2.05, 4.69) is 17.4 Å². The Morgan fingerprint density at radius 1 is 1.06 bits per heavy atom. The molecule has 1 unspecified atom stereocenters. The number of nitrogens with one attached hydrogen (secondary N) is 1. The number of nitrogens with zero attached hydrogens (tertiary/aromatic N) is 1. The van der Waals surface area contributed by atoms with Crippen LogP contribution in [0, 0.1) is 5.92 Å². The number of rotatable bonds is 11. The van der Waals surface area contributed by atoms with Crippen molar-refractivity contribution in [2.45, 2.75) is 56.9 Å². The summed E-state index contributed by atoms with van der Waals surface area (Å²) < 4.78 is 5.57. The number of ether oxygens (including phenoxy) is 1. The number of carbonyl (C=O) groups excluding carboxylic acids is 2. The Morgan fingerprint density at radius 3 is 2.26 bits per heavy atom. The number of hydrogen-bond acceptors (Lipinski definition) is 4. The van der Waals surface area contributed by atoms with Gasteiger partial charge in [-0.05, 0) is 47.4 Å². The van der Waals surface area contributed by atoms with Crippen LogP contribution in [0.15, 0.2) is 48.5 Å². The van der Waals surface area contributed by atoms with Crippen molar-refractivity contribution in [1.29, 1.82) is 0 Å². The van der Waals surface area contributed by atoms with Gasteiger partial charge in [0.05, 0.1) is 0 Å². The van der Waals surface area contributed by atoms with Gasteiger partial charge in [-0.3, -0.25) is 9.59 Å². The van der Waals surface area contributed by atoms with Gasteiger partial charge in [-0.25, -0.2) is 4.79 Å². The molecular formula is C28H34N2O5. The number of likely N-dealkylation sites (N-methyl/N-ethyl adjacent to an activating group) is 1. The maximum atomic E-state index is 13.0. The lowest BCUT2D eigenvalue weighted by Crippen LogP contribution is -2.48. The largest absolute Gasteiger partial charge is 0.481 e. The molecule has 1 atom stereocenters. The van der Waals surface area contributed by atoms with E-state index >= 15 is 0 Å². The molecule has 2 aromatic carbocycles. The third-order valence-corrected chi connectivity index (χ3v) is 7.29. The lowest BCUT2D eigenvalue weighted by molar-refractivity contribution is -0.137. The summed E-state index contributed by atoms with van der Waals surface area (Å²) in [7, 11) is 1.70.